The largest absolute Gasteiger partial charge is 0.295 e. The molecule has 27 heavy (non-hydrogen) atoms. The number of thiazole rings is 1. The number of aryl methyl sites for hydroxylation is 2. The summed E-state index contributed by atoms with van der Waals surface area (Å²) in [5.74, 6) is 0. The highest BCUT2D eigenvalue weighted by Crippen LogP contribution is 2.29. The Labute approximate surface area is 172 Å². The molecule has 0 unspecified atom stereocenters. The Bertz CT molecular complexity index is 1010. The fourth-order valence-corrected chi connectivity index (χ4v) is 7.73. The third kappa shape index (κ3) is 4.03. The zero-order valence-electron chi connectivity index (χ0n) is 15.2. The molecule has 3 aromatic heterocycles. The van der Waals surface area contributed by atoms with Crippen molar-refractivity contribution < 1.29 is 8.42 Å². The summed E-state index contributed by atoms with van der Waals surface area (Å²) in [5.41, 5.74) is 2.23. The Balaban J connectivity index is 1.38. The first-order valence-electron chi connectivity index (χ1n) is 8.70. The maximum absolute atomic E-state index is 12.9. The Hall–Kier alpha value is -1.10. The molecule has 9 heteroatoms. The van der Waals surface area contributed by atoms with Gasteiger partial charge in [0.25, 0.3) is 0 Å². The summed E-state index contributed by atoms with van der Waals surface area (Å²) in [5, 5.41) is 7.33. The highest BCUT2D eigenvalue weighted by molar-refractivity contribution is 7.89. The van der Waals surface area contributed by atoms with Gasteiger partial charge in [-0.1, -0.05) is 0 Å². The highest BCUT2D eigenvalue weighted by Gasteiger charge is 2.30. The van der Waals surface area contributed by atoms with E-state index in [1.54, 1.807) is 44.4 Å². The van der Waals surface area contributed by atoms with Crippen LogP contribution in [0.3, 0.4) is 0 Å². The number of hydrogen-bond donors (Lipinski definition) is 0. The summed E-state index contributed by atoms with van der Waals surface area (Å²) >= 11 is 4.88. The summed E-state index contributed by atoms with van der Waals surface area (Å²) in [6, 6.07) is 3.88. The van der Waals surface area contributed by atoms with Crippen molar-refractivity contribution in [2.24, 2.45) is 0 Å². The van der Waals surface area contributed by atoms with Gasteiger partial charge in [0.2, 0.25) is 10.0 Å². The van der Waals surface area contributed by atoms with Crippen LogP contribution in [0.2, 0.25) is 0 Å². The lowest BCUT2D eigenvalue weighted by Crippen LogP contribution is -2.48. The third-order valence-corrected chi connectivity index (χ3v) is 9.39. The molecule has 0 bridgehead atoms. The predicted octanol–water partition coefficient (Wildman–Crippen LogP) is 4.06. The molecule has 4 heterocycles. The van der Waals surface area contributed by atoms with Crippen molar-refractivity contribution in [3.8, 4) is 10.6 Å². The summed E-state index contributed by atoms with van der Waals surface area (Å²) in [7, 11) is -3.39. The van der Waals surface area contributed by atoms with E-state index in [2.05, 4.69) is 27.1 Å². The molecule has 1 saturated heterocycles. The number of thiophene rings is 2. The summed E-state index contributed by atoms with van der Waals surface area (Å²) in [4.78, 5) is 9.39. The molecule has 144 valence electrons. The van der Waals surface area contributed by atoms with Crippen LogP contribution < -0.4 is 0 Å². The average Bonchev–Trinajstić information content (AvgIpc) is 3.36. The van der Waals surface area contributed by atoms with Gasteiger partial charge in [-0.3, -0.25) is 4.90 Å². The lowest BCUT2D eigenvalue weighted by molar-refractivity contribution is 0.180. The lowest BCUT2D eigenvalue weighted by Gasteiger charge is -2.33. The Morgan fingerprint density at radius 1 is 1.15 bits per heavy atom. The lowest BCUT2D eigenvalue weighted by atomic mass is 10.3. The Morgan fingerprint density at radius 3 is 2.56 bits per heavy atom. The topological polar surface area (TPSA) is 53.5 Å². The summed E-state index contributed by atoms with van der Waals surface area (Å²) in [6.45, 7) is 7.11. The minimum Gasteiger partial charge on any atom is -0.295 e. The van der Waals surface area contributed by atoms with E-state index in [-0.39, 0.29) is 0 Å². The fraction of sp³-hybridized carbons (Fsp3) is 0.389. The van der Waals surface area contributed by atoms with Gasteiger partial charge >= 0.3 is 0 Å². The molecule has 0 atom stereocenters. The van der Waals surface area contributed by atoms with Crippen molar-refractivity contribution in [1.82, 2.24) is 14.2 Å². The molecule has 0 saturated carbocycles. The van der Waals surface area contributed by atoms with Crippen molar-refractivity contribution in [2.75, 3.05) is 26.2 Å². The van der Waals surface area contributed by atoms with E-state index in [1.807, 2.05) is 13.8 Å². The van der Waals surface area contributed by atoms with E-state index in [1.165, 1.54) is 5.56 Å². The smallest absolute Gasteiger partial charge is 0.244 e. The van der Waals surface area contributed by atoms with Gasteiger partial charge < -0.3 is 0 Å². The normalized spacial score (nSPS) is 16.8. The minimum absolute atomic E-state index is 0.471. The van der Waals surface area contributed by atoms with Crippen molar-refractivity contribution >= 4 is 44.0 Å². The highest BCUT2D eigenvalue weighted by atomic mass is 32.2. The number of nitrogens with zero attached hydrogens (tertiary/aromatic N) is 3. The molecule has 0 N–H and O–H groups in total. The van der Waals surface area contributed by atoms with Crippen LogP contribution in [-0.4, -0.2) is 48.8 Å². The molecule has 0 amide bonds. The minimum atomic E-state index is -3.39. The van der Waals surface area contributed by atoms with E-state index in [9.17, 15) is 8.42 Å². The van der Waals surface area contributed by atoms with Crippen LogP contribution in [0.5, 0.6) is 0 Å². The molecular weight excluding hydrogens is 418 g/mol. The molecule has 0 spiro atoms. The van der Waals surface area contributed by atoms with Crippen LogP contribution in [0.4, 0.5) is 0 Å². The van der Waals surface area contributed by atoms with Gasteiger partial charge in [-0.05, 0) is 31.4 Å². The summed E-state index contributed by atoms with van der Waals surface area (Å²) in [6.07, 6.45) is 0. The molecule has 4 rings (SSSR count). The first kappa shape index (κ1) is 19.2. The van der Waals surface area contributed by atoms with Gasteiger partial charge in [0, 0.05) is 58.8 Å². The standard InChI is InChI=1S/C18H21N3O2S4/c1-13-9-17(14(2)26-13)27(22,23)21-6-4-20(5-7-21)10-16-12-25-18(19-16)15-3-8-24-11-15/h3,8-9,11-12H,4-7,10H2,1-2H3. The first-order chi connectivity index (χ1) is 12.9. The number of hydrogen-bond acceptors (Lipinski definition) is 7. The van der Waals surface area contributed by atoms with Crippen LogP contribution in [-0.2, 0) is 16.6 Å². The Kier molecular flexibility index (Phi) is 5.50. The molecule has 3 aromatic rings. The number of rotatable bonds is 5. The molecule has 0 aliphatic carbocycles. The summed E-state index contributed by atoms with van der Waals surface area (Å²) < 4.78 is 27.5. The van der Waals surface area contributed by atoms with E-state index in [0.29, 0.717) is 18.0 Å². The van der Waals surface area contributed by atoms with E-state index in [4.69, 9.17) is 4.98 Å². The number of aromatic nitrogens is 1. The van der Waals surface area contributed by atoms with Crippen molar-refractivity contribution in [2.45, 2.75) is 25.3 Å². The van der Waals surface area contributed by atoms with Gasteiger partial charge in [-0.2, -0.15) is 15.6 Å². The molecule has 0 radical (unpaired) electrons. The molecular formula is C18H21N3O2S4. The number of sulfonamides is 1. The van der Waals surface area contributed by atoms with Crippen molar-refractivity contribution in [3.63, 3.8) is 0 Å². The molecule has 1 aliphatic heterocycles. The predicted molar refractivity (Wildman–Crippen MR) is 113 cm³/mol. The maximum atomic E-state index is 12.9. The quantitative estimate of drug-likeness (QED) is 0.602. The van der Waals surface area contributed by atoms with Crippen molar-refractivity contribution in [3.05, 3.63) is 43.7 Å². The number of piperazine rings is 1. The van der Waals surface area contributed by atoms with Crippen LogP contribution >= 0.6 is 34.0 Å². The second-order valence-electron chi connectivity index (χ2n) is 6.61. The molecule has 5 nitrogen and oxygen atoms in total. The molecule has 1 aliphatic rings. The fourth-order valence-electron chi connectivity index (χ4n) is 3.26. The van der Waals surface area contributed by atoms with Gasteiger partial charge in [-0.25, -0.2) is 13.4 Å². The van der Waals surface area contributed by atoms with Crippen LogP contribution in [0.1, 0.15) is 15.4 Å². The monoisotopic (exact) mass is 439 g/mol. The van der Waals surface area contributed by atoms with Gasteiger partial charge in [0.1, 0.15) is 5.01 Å². The molecule has 1 fully saturated rings. The third-order valence-electron chi connectivity index (χ3n) is 4.65. The van der Waals surface area contributed by atoms with Gasteiger partial charge in [-0.15, -0.1) is 22.7 Å². The van der Waals surface area contributed by atoms with E-state index < -0.39 is 10.0 Å². The van der Waals surface area contributed by atoms with Gasteiger partial charge in [0.15, 0.2) is 0 Å². The zero-order chi connectivity index (χ0) is 19.0. The van der Waals surface area contributed by atoms with Crippen LogP contribution in [0.25, 0.3) is 10.6 Å². The van der Waals surface area contributed by atoms with Gasteiger partial charge in [0.05, 0.1) is 10.6 Å². The second kappa shape index (κ2) is 7.73. The zero-order valence-corrected chi connectivity index (χ0v) is 18.5. The molecule has 0 aromatic carbocycles. The second-order valence-corrected chi connectivity index (χ2v) is 11.6. The maximum Gasteiger partial charge on any atom is 0.244 e. The van der Waals surface area contributed by atoms with Crippen LogP contribution in [0, 0.1) is 13.8 Å². The Morgan fingerprint density at radius 2 is 1.93 bits per heavy atom. The van der Waals surface area contributed by atoms with E-state index in [0.717, 1.165) is 40.1 Å². The van der Waals surface area contributed by atoms with Crippen molar-refractivity contribution in [1.29, 1.82) is 0 Å². The average molecular weight is 440 g/mol. The SMILES string of the molecule is Cc1cc(S(=O)(=O)N2CCN(Cc3csc(-c4ccsc4)n3)CC2)c(C)s1. The first-order valence-corrected chi connectivity index (χ1v) is 12.8. The van der Waals surface area contributed by atoms with E-state index >= 15 is 0 Å². The van der Waals surface area contributed by atoms with Crippen LogP contribution in [0.15, 0.2) is 33.2 Å².